The summed E-state index contributed by atoms with van der Waals surface area (Å²) in [4.78, 5) is 41.0. The first-order valence-electron chi connectivity index (χ1n) is 14.0. The minimum absolute atomic E-state index is 0.0691. The summed E-state index contributed by atoms with van der Waals surface area (Å²) in [6.07, 6.45) is 5.28. The summed E-state index contributed by atoms with van der Waals surface area (Å²) in [6, 6.07) is 22.3. The van der Waals surface area contributed by atoms with Crippen molar-refractivity contribution < 1.29 is 9.59 Å². The zero-order chi connectivity index (χ0) is 29.3. The van der Waals surface area contributed by atoms with Crippen molar-refractivity contribution in [2.75, 3.05) is 23.3 Å². The molecule has 1 aliphatic rings. The number of nitrogens with one attached hydrogen (secondary N) is 3. The van der Waals surface area contributed by atoms with Gasteiger partial charge in [0, 0.05) is 53.9 Å². The van der Waals surface area contributed by atoms with Crippen LogP contribution in [-0.2, 0) is 16.8 Å². The van der Waals surface area contributed by atoms with Crippen LogP contribution in [0.15, 0.2) is 91.4 Å². The van der Waals surface area contributed by atoms with Crippen LogP contribution in [0.5, 0.6) is 0 Å². The third kappa shape index (κ3) is 5.04. The minimum atomic E-state index is -0.535. The van der Waals surface area contributed by atoms with E-state index in [-0.39, 0.29) is 23.7 Å². The molecule has 42 heavy (non-hydrogen) atoms. The van der Waals surface area contributed by atoms with E-state index in [9.17, 15) is 9.59 Å². The second-order valence-corrected chi connectivity index (χ2v) is 11.1. The number of hydrogen-bond donors (Lipinski definition) is 4. The molecule has 4 heterocycles. The molecule has 0 saturated carbocycles. The Labute approximate surface area is 244 Å². The quantitative estimate of drug-likeness (QED) is 0.211. The number of nitrogens with zero attached hydrogens (tertiary/aromatic N) is 3. The van der Waals surface area contributed by atoms with Crippen molar-refractivity contribution >= 4 is 39.9 Å². The van der Waals surface area contributed by atoms with Crippen molar-refractivity contribution in [3.05, 3.63) is 114 Å². The lowest BCUT2D eigenvalue weighted by molar-refractivity contribution is -0.120. The Hall–Kier alpha value is -4.86. The molecule has 9 heteroatoms. The molecule has 2 aromatic carbocycles. The van der Waals surface area contributed by atoms with E-state index < -0.39 is 6.04 Å². The molecule has 1 amide bonds. The molecule has 0 spiro atoms. The maximum Gasteiger partial charge on any atom is 0.266 e. The van der Waals surface area contributed by atoms with Gasteiger partial charge in [0.15, 0.2) is 5.78 Å². The van der Waals surface area contributed by atoms with Gasteiger partial charge >= 0.3 is 0 Å². The zero-order valence-electron chi connectivity index (χ0n) is 23.6. The second kappa shape index (κ2) is 11.2. The van der Waals surface area contributed by atoms with Crippen molar-refractivity contribution in [3.8, 4) is 0 Å². The molecular formula is C33H33N7O2. The first-order chi connectivity index (χ1) is 20.4. The van der Waals surface area contributed by atoms with Crippen molar-refractivity contribution in [1.82, 2.24) is 20.3 Å². The summed E-state index contributed by atoms with van der Waals surface area (Å²) in [6.45, 7) is 5.31. The number of aromatic amines is 1. The van der Waals surface area contributed by atoms with Crippen molar-refractivity contribution in [3.63, 3.8) is 0 Å². The standard InChI is InChI=1S/C33H33N7O2/c1-33(2)20-39-29(28(41)18-34)26-17-23(10-11-27(26)33)40(22-7-4-3-5-8-22)32(42)25-9-6-14-35-31(25)38-19-21-12-15-36-30-24(21)13-16-37-30/h3-17,29,39H,18-20,34H2,1-2H3,(H,35,38)(H,36,37). The van der Waals surface area contributed by atoms with Crippen LogP contribution in [0.1, 0.15) is 46.9 Å². The van der Waals surface area contributed by atoms with E-state index in [1.807, 2.05) is 66.9 Å². The Morgan fingerprint density at radius 2 is 1.83 bits per heavy atom. The van der Waals surface area contributed by atoms with Gasteiger partial charge in [0.25, 0.3) is 5.91 Å². The average molecular weight is 560 g/mol. The number of aromatic nitrogens is 3. The third-order valence-corrected chi connectivity index (χ3v) is 7.86. The number of H-pyrrole nitrogens is 1. The number of para-hydroxylation sites is 1. The van der Waals surface area contributed by atoms with Crippen LogP contribution in [0, 0.1) is 0 Å². The fourth-order valence-corrected chi connectivity index (χ4v) is 5.66. The highest BCUT2D eigenvalue weighted by Gasteiger charge is 2.36. The molecule has 0 aliphatic carbocycles. The number of hydrogen-bond acceptors (Lipinski definition) is 7. The molecule has 1 atom stereocenters. The summed E-state index contributed by atoms with van der Waals surface area (Å²) < 4.78 is 0. The average Bonchev–Trinajstić information content (AvgIpc) is 3.50. The number of Topliss-reactive ketones (excluding diaryl/α,β-unsaturated/α-hetero) is 1. The fourth-order valence-electron chi connectivity index (χ4n) is 5.66. The lowest BCUT2D eigenvalue weighted by atomic mass is 9.75. The minimum Gasteiger partial charge on any atom is -0.365 e. The first-order valence-corrected chi connectivity index (χ1v) is 14.0. The van der Waals surface area contributed by atoms with E-state index in [1.165, 1.54) is 0 Å². The number of carbonyl (C=O) groups excluding carboxylic acids is 2. The van der Waals surface area contributed by atoms with Crippen LogP contribution in [-0.4, -0.2) is 39.7 Å². The van der Waals surface area contributed by atoms with Crippen LogP contribution in [0.25, 0.3) is 11.0 Å². The molecule has 5 aromatic rings. The zero-order valence-corrected chi connectivity index (χ0v) is 23.6. The molecule has 3 aromatic heterocycles. The van der Waals surface area contributed by atoms with Gasteiger partial charge in [-0.1, -0.05) is 38.1 Å². The first kappa shape index (κ1) is 27.3. The number of amides is 1. The lowest BCUT2D eigenvalue weighted by Crippen LogP contribution is -2.46. The number of fused-ring (bicyclic) bond motifs is 2. The van der Waals surface area contributed by atoms with Gasteiger partial charge in [-0.15, -0.1) is 0 Å². The predicted molar refractivity (Wildman–Crippen MR) is 165 cm³/mol. The second-order valence-electron chi connectivity index (χ2n) is 11.1. The molecule has 5 N–H and O–H groups in total. The van der Waals surface area contributed by atoms with E-state index in [4.69, 9.17) is 5.73 Å². The molecule has 0 fully saturated rings. The number of nitrogens with two attached hydrogens (primary N) is 1. The summed E-state index contributed by atoms with van der Waals surface area (Å²) in [5, 5.41) is 7.75. The molecule has 0 bridgehead atoms. The number of benzene rings is 2. The summed E-state index contributed by atoms with van der Waals surface area (Å²) in [5.74, 6) is 0.136. The fraction of sp³-hybridized carbons (Fsp3) is 0.212. The van der Waals surface area contributed by atoms with Crippen molar-refractivity contribution in [2.24, 2.45) is 5.73 Å². The van der Waals surface area contributed by atoms with Crippen LogP contribution < -0.4 is 21.3 Å². The van der Waals surface area contributed by atoms with Crippen LogP contribution in [0.2, 0.25) is 0 Å². The third-order valence-electron chi connectivity index (χ3n) is 7.86. The molecular weight excluding hydrogens is 526 g/mol. The topological polar surface area (TPSA) is 129 Å². The predicted octanol–water partition coefficient (Wildman–Crippen LogP) is 5.00. The maximum atomic E-state index is 14.4. The number of pyridine rings is 2. The van der Waals surface area contributed by atoms with Gasteiger partial charge in [0.05, 0.1) is 18.2 Å². The molecule has 0 saturated heterocycles. The molecule has 1 aliphatic heterocycles. The van der Waals surface area contributed by atoms with Gasteiger partial charge in [0.1, 0.15) is 11.5 Å². The van der Waals surface area contributed by atoms with Gasteiger partial charge in [-0.2, -0.15) is 0 Å². The van der Waals surface area contributed by atoms with E-state index >= 15 is 0 Å². The summed E-state index contributed by atoms with van der Waals surface area (Å²) in [5.41, 5.74) is 11.1. The smallest absolute Gasteiger partial charge is 0.266 e. The van der Waals surface area contributed by atoms with Crippen LogP contribution in [0.4, 0.5) is 17.2 Å². The van der Waals surface area contributed by atoms with Crippen molar-refractivity contribution in [2.45, 2.75) is 31.8 Å². The van der Waals surface area contributed by atoms with Gasteiger partial charge in [-0.3, -0.25) is 14.5 Å². The Morgan fingerprint density at radius 1 is 1.00 bits per heavy atom. The number of carbonyl (C=O) groups is 2. The number of ketones is 1. The van der Waals surface area contributed by atoms with Gasteiger partial charge in [-0.05, 0) is 65.2 Å². The largest absolute Gasteiger partial charge is 0.365 e. The molecule has 0 radical (unpaired) electrons. The Kier molecular flexibility index (Phi) is 7.28. The van der Waals surface area contributed by atoms with E-state index in [1.54, 1.807) is 29.4 Å². The highest BCUT2D eigenvalue weighted by molar-refractivity contribution is 6.13. The Bertz CT molecular complexity index is 1760. The maximum absolute atomic E-state index is 14.4. The van der Waals surface area contributed by atoms with E-state index in [0.717, 1.165) is 27.7 Å². The highest BCUT2D eigenvalue weighted by atomic mass is 16.2. The van der Waals surface area contributed by atoms with Gasteiger partial charge < -0.3 is 21.4 Å². The molecule has 1 unspecified atom stereocenters. The van der Waals surface area contributed by atoms with E-state index in [0.29, 0.717) is 35.8 Å². The van der Waals surface area contributed by atoms with Gasteiger partial charge in [0.2, 0.25) is 0 Å². The Morgan fingerprint density at radius 3 is 2.64 bits per heavy atom. The van der Waals surface area contributed by atoms with Gasteiger partial charge in [-0.25, -0.2) is 9.97 Å². The van der Waals surface area contributed by atoms with E-state index in [2.05, 4.69) is 39.4 Å². The number of anilines is 3. The Balaban J connectivity index is 1.40. The normalized spacial score (nSPS) is 15.6. The monoisotopic (exact) mass is 559 g/mol. The highest BCUT2D eigenvalue weighted by Crippen LogP contribution is 2.39. The van der Waals surface area contributed by atoms with Crippen LogP contribution >= 0.6 is 0 Å². The lowest BCUT2D eigenvalue weighted by Gasteiger charge is -2.38. The molecule has 212 valence electrons. The SMILES string of the molecule is CC1(C)CNC(C(=O)CN)c2cc(N(C(=O)c3cccnc3NCc3ccnc4[nH]ccc34)c3ccccc3)ccc21. The molecule has 6 rings (SSSR count). The molecule has 9 nitrogen and oxygen atoms in total. The number of rotatable bonds is 8. The van der Waals surface area contributed by atoms with Crippen molar-refractivity contribution in [1.29, 1.82) is 0 Å². The summed E-state index contributed by atoms with van der Waals surface area (Å²) >= 11 is 0. The summed E-state index contributed by atoms with van der Waals surface area (Å²) in [7, 11) is 0. The van der Waals surface area contributed by atoms with Crippen LogP contribution in [0.3, 0.4) is 0 Å².